The average molecular weight is 292 g/mol. The van der Waals surface area contributed by atoms with Gasteiger partial charge in [0.25, 0.3) is 0 Å². The number of carbonyl (C=O) groups is 1. The molecule has 0 bridgehead atoms. The van der Waals surface area contributed by atoms with Crippen LogP contribution in [0.15, 0.2) is 12.3 Å². The van der Waals surface area contributed by atoms with Crippen molar-refractivity contribution in [1.82, 2.24) is 9.78 Å². The maximum absolute atomic E-state index is 12.5. The topological polar surface area (TPSA) is 44.1 Å². The summed E-state index contributed by atoms with van der Waals surface area (Å²) in [5.41, 5.74) is 0.682. The number of carbonyl (C=O) groups excluding carboxylic acids is 1. The van der Waals surface area contributed by atoms with E-state index < -0.39 is 0 Å². The Bertz CT molecular complexity index is 467. The first-order valence-electron chi connectivity index (χ1n) is 8.10. The zero-order valence-corrected chi connectivity index (χ0v) is 13.8. The summed E-state index contributed by atoms with van der Waals surface area (Å²) in [5, 5.41) is 4.60. The van der Waals surface area contributed by atoms with Crippen LogP contribution >= 0.6 is 0 Å². The Kier molecular flexibility index (Phi) is 5.20. The molecule has 0 spiro atoms. The Morgan fingerprint density at radius 2 is 2.10 bits per heavy atom. The van der Waals surface area contributed by atoms with Crippen LogP contribution in [0, 0.1) is 5.41 Å². The monoisotopic (exact) mass is 292 g/mol. The van der Waals surface area contributed by atoms with E-state index in [-0.39, 0.29) is 17.3 Å². The molecule has 1 fully saturated rings. The van der Waals surface area contributed by atoms with Gasteiger partial charge in [0.2, 0.25) is 0 Å². The van der Waals surface area contributed by atoms with Gasteiger partial charge in [-0.25, -0.2) is 0 Å². The van der Waals surface area contributed by atoms with Gasteiger partial charge in [-0.3, -0.25) is 9.48 Å². The minimum atomic E-state index is -0.362. The van der Waals surface area contributed by atoms with E-state index in [1.165, 1.54) is 25.7 Å². The van der Waals surface area contributed by atoms with Gasteiger partial charge < -0.3 is 4.74 Å². The van der Waals surface area contributed by atoms with Gasteiger partial charge >= 0.3 is 0 Å². The van der Waals surface area contributed by atoms with Crippen LogP contribution in [0.5, 0.6) is 0 Å². The van der Waals surface area contributed by atoms with Crippen LogP contribution in [-0.4, -0.2) is 28.3 Å². The molecule has 1 aromatic heterocycles. The van der Waals surface area contributed by atoms with Crippen LogP contribution in [0.3, 0.4) is 0 Å². The molecule has 2 rings (SSSR count). The summed E-state index contributed by atoms with van der Waals surface area (Å²) >= 11 is 0. The number of nitrogens with zero attached hydrogens (tertiary/aromatic N) is 2. The fraction of sp³-hybridized carbons (Fsp3) is 0.765. The van der Waals surface area contributed by atoms with Crippen molar-refractivity contribution in [3.63, 3.8) is 0 Å². The molecule has 0 radical (unpaired) electrons. The van der Waals surface area contributed by atoms with Crippen molar-refractivity contribution < 1.29 is 9.53 Å². The van der Waals surface area contributed by atoms with Crippen molar-refractivity contribution in [2.75, 3.05) is 6.61 Å². The predicted octanol–water partition coefficient (Wildman–Crippen LogP) is 3.56. The summed E-state index contributed by atoms with van der Waals surface area (Å²) in [5.74, 6) is 0.126. The van der Waals surface area contributed by atoms with Gasteiger partial charge in [-0.05, 0) is 31.2 Å². The Morgan fingerprint density at radius 3 is 2.67 bits per heavy atom. The Hall–Kier alpha value is -1.16. The lowest BCUT2D eigenvalue weighted by Crippen LogP contribution is -2.38. The highest BCUT2D eigenvalue weighted by Crippen LogP contribution is 2.29. The molecule has 0 aliphatic heterocycles. The van der Waals surface area contributed by atoms with E-state index in [1.807, 2.05) is 44.6 Å². The highest BCUT2D eigenvalue weighted by Gasteiger charge is 2.32. The third-order valence-corrected chi connectivity index (χ3v) is 4.13. The third-order valence-electron chi connectivity index (χ3n) is 4.13. The second kappa shape index (κ2) is 6.73. The standard InChI is InChI=1S/C17H28N2O2/c1-5-21-16(17(2,3)4)15(20)12-13-10-11-19(18-13)14-8-6-7-9-14/h10-11,14,16H,5-9,12H2,1-4H3. The van der Waals surface area contributed by atoms with E-state index in [9.17, 15) is 4.79 Å². The van der Waals surface area contributed by atoms with Crippen LogP contribution in [0.4, 0.5) is 0 Å². The predicted molar refractivity (Wildman–Crippen MR) is 83.3 cm³/mol. The number of aromatic nitrogens is 2. The van der Waals surface area contributed by atoms with E-state index in [4.69, 9.17) is 4.74 Å². The molecule has 0 N–H and O–H groups in total. The molecule has 1 atom stereocenters. The van der Waals surface area contributed by atoms with Gasteiger partial charge in [0.15, 0.2) is 5.78 Å². The largest absolute Gasteiger partial charge is 0.370 e. The second-order valence-corrected chi connectivity index (χ2v) is 7.07. The number of Topliss-reactive ketones (excluding diaryl/α,β-unsaturated/α-hetero) is 1. The summed E-state index contributed by atoms with van der Waals surface area (Å²) in [6.07, 6.45) is 7.01. The van der Waals surface area contributed by atoms with Gasteiger partial charge in [-0.15, -0.1) is 0 Å². The lowest BCUT2D eigenvalue weighted by Gasteiger charge is -2.28. The van der Waals surface area contributed by atoms with Gasteiger partial charge in [-0.2, -0.15) is 5.10 Å². The van der Waals surface area contributed by atoms with Crippen LogP contribution in [0.25, 0.3) is 0 Å². The lowest BCUT2D eigenvalue weighted by atomic mass is 9.85. The lowest BCUT2D eigenvalue weighted by molar-refractivity contribution is -0.136. The van der Waals surface area contributed by atoms with Crippen molar-refractivity contribution >= 4 is 5.78 Å². The molecule has 0 saturated heterocycles. The first kappa shape index (κ1) is 16.2. The fourth-order valence-electron chi connectivity index (χ4n) is 3.11. The first-order valence-corrected chi connectivity index (χ1v) is 8.10. The summed E-state index contributed by atoms with van der Waals surface area (Å²) in [7, 11) is 0. The highest BCUT2D eigenvalue weighted by molar-refractivity contribution is 5.85. The van der Waals surface area contributed by atoms with Gasteiger partial charge in [0.05, 0.1) is 18.2 Å². The van der Waals surface area contributed by atoms with E-state index in [0.29, 0.717) is 19.1 Å². The molecule has 118 valence electrons. The van der Waals surface area contributed by atoms with Crippen LogP contribution in [0.1, 0.15) is 65.1 Å². The van der Waals surface area contributed by atoms with E-state index in [2.05, 4.69) is 5.10 Å². The van der Waals surface area contributed by atoms with Crippen LogP contribution in [0.2, 0.25) is 0 Å². The molecule has 1 aliphatic rings. The number of rotatable bonds is 6. The first-order chi connectivity index (χ1) is 9.91. The maximum Gasteiger partial charge on any atom is 0.168 e. The van der Waals surface area contributed by atoms with Crippen molar-refractivity contribution in [2.24, 2.45) is 5.41 Å². The van der Waals surface area contributed by atoms with Gasteiger partial charge in [0.1, 0.15) is 6.10 Å². The zero-order valence-electron chi connectivity index (χ0n) is 13.8. The van der Waals surface area contributed by atoms with Gasteiger partial charge in [0, 0.05) is 12.8 Å². The number of hydrogen-bond donors (Lipinski definition) is 0. The molecule has 1 saturated carbocycles. The van der Waals surface area contributed by atoms with E-state index in [1.54, 1.807) is 0 Å². The molecular weight excluding hydrogens is 264 g/mol. The molecule has 0 amide bonds. The second-order valence-electron chi connectivity index (χ2n) is 7.07. The minimum Gasteiger partial charge on any atom is -0.370 e. The smallest absolute Gasteiger partial charge is 0.168 e. The average Bonchev–Trinajstić information content (AvgIpc) is 3.04. The van der Waals surface area contributed by atoms with Crippen LogP contribution < -0.4 is 0 Å². The molecule has 4 nitrogen and oxygen atoms in total. The van der Waals surface area contributed by atoms with Crippen LogP contribution in [-0.2, 0) is 16.0 Å². The zero-order chi connectivity index (χ0) is 15.5. The molecular formula is C17H28N2O2. The normalized spacial score (nSPS) is 18.1. The summed E-state index contributed by atoms with van der Waals surface area (Å²) in [4.78, 5) is 12.5. The molecule has 1 aliphatic carbocycles. The number of ether oxygens (including phenoxy) is 1. The molecule has 0 aromatic carbocycles. The van der Waals surface area contributed by atoms with Crippen molar-refractivity contribution in [3.8, 4) is 0 Å². The van der Waals surface area contributed by atoms with Crippen molar-refractivity contribution in [2.45, 2.75) is 71.9 Å². The van der Waals surface area contributed by atoms with Crippen molar-refractivity contribution in [1.29, 1.82) is 0 Å². The summed E-state index contributed by atoms with van der Waals surface area (Å²) in [6.45, 7) is 8.62. The quantitative estimate of drug-likeness (QED) is 0.805. The summed E-state index contributed by atoms with van der Waals surface area (Å²) < 4.78 is 7.71. The molecule has 1 aromatic rings. The van der Waals surface area contributed by atoms with Crippen molar-refractivity contribution in [3.05, 3.63) is 18.0 Å². The molecule has 4 heteroatoms. The minimum absolute atomic E-state index is 0.126. The SMILES string of the molecule is CCOC(C(=O)Cc1ccn(C2CCCC2)n1)C(C)(C)C. The fourth-order valence-corrected chi connectivity index (χ4v) is 3.11. The number of ketones is 1. The molecule has 1 unspecified atom stereocenters. The molecule has 21 heavy (non-hydrogen) atoms. The van der Waals surface area contributed by atoms with Gasteiger partial charge in [-0.1, -0.05) is 33.6 Å². The Labute approximate surface area is 127 Å². The third kappa shape index (κ3) is 4.16. The van der Waals surface area contributed by atoms with E-state index >= 15 is 0 Å². The maximum atomic E-state index is 12.5. The van der Waals surface area contributed by atoms with E-state index in [0.717, 1.165) is 5.69 Å². The highest BCUT2D eigenvalue weighted by atomic mass is 16.5. The summed E-state index contributed by atoms with van der Waals surface area (Å²) in [6, 6.07) is 2.50. The Balaban J connectivity index is 2.01. The molecule has 1 heterocycles. The number of hydrogen-bond acceptors (Lipinski definition) is 3. The Morgan fingerprint density at radius 1 is 1.43 bits per heavy atom.